The average molecular weight is 342 g/mol. The Morgan fingerprint density at radius 2 is 1.88 bits per heavy atom. The Hall–Kier alpha value is -3.05. The summed E-state index contributed by atoms with van der Waals surface area (Å²) in [5, 5.41) is 0.934. The minimum absolute atomic E-state index is 0.934. The van der Waals surface area contributed by atoms with Gasteiger partial charge < -0.3 is 0 Å². The molecule has 120 valence electrons. The number of benzene rings is 2. The molecule has 0 saturated carbocycles. The van der Waals surface area contributed by atoms with E-state index in [1.807, 2.05) is 43.0 Å². The van der Waals surface area contributed by atoms with Crippen LogP contribution in [-0.2, 0) is 0 Å². The summed E-state index contributed by atoms with van der Waals surface area (Å²) in [6.45, 7) is 2.10. The lowest BCUT2D eigenvalue weighted by Crippen LogP contribution is -1.91. The zero-order chi connectivity index (χ0) is 16.8. The molecule has 5 aromatic rings. The summed E-state index contributed by atoms with van der Waals surface area (Å²) in [4.78, 5) is 13.7. The second-order valence-electron chi connectivity index (χ2n) is 5.94. The first-order chi connectivity index (χ1) is 12.3. The minimum Gasteiger partial charge on any atom is -0.274 e. The Bertz CT molecular complexity index is 1190. The van der Waals surface area contributed by atoms with Gasteiger partial charge in [0.15, 0.2) is 5.13 Å². The standard InChI is InChI=1S/C20H14N4S/c1-13-9-10-21-11-15(13)14-5-4-7-17-19(14)22-12-24(17)20-23-16-6-2-3-8-18(16)25-20/h2-12H,1H3. The van der Waals surface area contributed by atoms with Gasteiger partial charge in [0.1, 0.15) is 6.33 Å². The largest absolute Gasteiger partial charge is 0.274 e. The van der Waals surface area contributed by atoms with Crippen molar-refractivity contribution in [3.63, 3.8) is 0 Å². The molecule has 0 N–H and O–H groups in total. The summed E-state index contributed by atoms with van der Waals surface area (Å²) in [6, 6.07) is 16.5. The van der Waals surface area contributed by atoms with Crippen molar-refractivity contribution in [2.75, 3.05) is 0 Å². The molecule has 0 fully saturated rings. The van der Waals surface area contributed by atoms with E-state index in [1.54, 1.807) is 11.3 Å². The molecule has 3 heterocycles. The minimum atomic E-state index is 0.934. The molecule has 0 saturated heterocycles. The van der Waals surface area contributed by atoms with E-state index in [4.69, 9.17) is 4.98 Å². The number of nitrogens with zero attached hydrogens (tertiary/aromatic N) is 4. The molecule has 2 aromatic carbocycles. The van der Waals surface area contributed by atoms with Crippen molar-refractivity contribution in [2.24, 2.45) is 0 Å². The van der Waals surface area contributed by atoms with Gasteiger partial charge >= 0.3 is 0 Å². The van der Waals surface area contributed by atoms with E-state index in [0.29, 0.717) is 0 Å². The SMILES string of the molecule is Cc1ccncc1-c1cccc2c1ncn2-c1nc2ccccc2s1. The van der Waals surface area contributed by atoms with Crippen molar-refractivity contribution in [1.82, 2.24) is 19.5 Å². The van der Waals surface area contributed by atoms with Gasteiger partial charge in [-0.05, 0) is 36.8 Å². The fourth-order valence-corrected chi connectivity index (χ4v) is 4.07. The van der Waals surface area contributed by atoms with Gasteiger partial charge in [0.2, 0.25) is 0 Å². The number of pyridine rings is 1. The molecular weight excluding hydrogens is 328 g/mol. The average Bonchev–Trinajstić information content (AvgIpc) is 3.25. The Morgan fingerprint density at radius 1 is 0.960 bits per heavy atom. The van der Waals surface area contributed by atoms with Crippen molar-refractivity contribution >= 4 is 32.6 Å². The third-order valence-corrected chi connectivity index (χ3v) is 5.43. The molecule has 0 atom stereocenters. The van der Waals surface area contributed by atoms with Crippen LogP contribution in [0.5, 0.6) is 0 Å². The molecule has 0 spiro atoms. The predicted octanol–water partition coefficient (Wildman–Crippen LogP) is 5.01. The maximum absolute atomic E-state index is 4.75. The molecule has 0 amide bonds. The molecule has 0 aliphatic rings. The van der Waals surface area contributed by atoms with Crippen molar-refractivity contribution in [3.05, 3.63) is 72.8 Å². The van der Waals surface area contributed by atoms with Crippen LogP contribution < -0.4 is 0 Å². The molecule has 0 aliphatic heterocycles. The monoisotopic (exact) mass is 342 g/mol. The highest BCUT2D eigenvalue weighted by atomic mass is 32.1. The third-order valence-electron chi connectivity index (χ3n) is 4.39. The van der Waals surface area contributed by atoms with Crippen LogP contribution in [0.4, 0.5) is 0 Å². The molecule has 25 heavy (non-hydrogen) atoms. The maximum atomic E-state index is 4.75. The van der Waals surface area contributed by atoms with Gasteiger partial charge in [-0.25, -0.2) is 9.97 Å². The summed E-state index contributed by atoms with van der Waals surface area (Å²) in [6.07, 6.45) is 5.58. The van der Waals surface area contributed by atoms with Crippen LogP contribution in [0.25, 0.3) is 37.5 Å². The lowest BCUT2D eigenvalue weighted by Gasteiger charge is -2.06. The van der Waals surface area contributed by atoms with Gasteiger partial charge in [0.25, 0.3) is 0 Å². The fraction of sp³-hybridized carbons (Fsp3) is 0.0500. The van der Waals surface area contributed by atoms with Crippen LogP contribution in [0.15, 0.2) is 67.3 Å². The number of para-hydroxylation sites is 2. The van der Waals surface area contributed by atoms with Gasteiger partial charge in [-0.3, -0.25) is 9.55 Å². The molecule has 0 aliphatic carbocycles. The number of thiazole rings is 1. The summed E-state index contributed by atoms with van der Waals surface area (Å²) in [5.74, 6) is 0. The van der Waals surface area contributed by atoms with Gasteiger partial charge in [-0.1, -0.05) is 35.6 Å². The lowest BCUT2D eigenvalue weighted by atomic mass is 10.0. The van der Waals surface area contributed by atoms with Crippen LogP contribution in [0.2, 0.25) is 0 Å². The predicted molar refractivity (Wildman–Crippen MR) is 102 cm³/mol. The van der Waals surface area contributed by atoms with E-state index in [0.717, 1.165) is 32.8 Å². The van der Waals surface area contributed by atoms with Crippen molar-refractivity contribution < 1.29 is 0 Å². The number of imidazole rings is 1. The topological polar surface area (TPSA) is 43.6 Å². The third kappa shape index (κ3) is 2.24. The van der Waals surface area contributed by atoms with Crippen LogP contribution in [0.3, 0.4) is 0 Å². The van der Waals surface area contributed by atoms with Crippen molar-refractivity contribution in [1.29, 1.82) is 0 Å². The number of aryl methyl sites for hydroxylation is 1. The van der Waals surface area contributed by atoms with E-state index in [1.165, 1.54) is 10.3 Å². The number of fused-ring (bicyclic) bond motifs is 2. The maximum Gasteiger partial charge on any atom is 0.196 e. The van der Waals surface area contributed by atoms with E-state index < -0.39 is 0 Å². The summed E-state index contributed by atoms with van der Waals surface area (Å²) in [5.41, 5.74) is 6.45. The van der Waals surface area contributed by atoms with Gasteiger partial charge in [-0.15, -0.1) is 0 Å². The van der Waals surface area contributed by atoms with Crippen LogP contribution in [0.1, 0.15) is 5.56 Å². The molecule has 3 aromatic heterocycles. The molecule has 4 nitrogen and oxygen atoms in total. The van der Waals surface area contributed by atoms with Crippen LogP contribution in [0, 0.1) is 6.92 Å². The zero-order valence-corrected chi connectivity index (χ0v) is 14.4. The second-order valence-corrected chi connectivity index (χ2v) is 6.95. The molecule has 0 unspecified atom stereocenters. The van der Waals surface area contributed by atoms with E-state index in [-0.39, 0.29) is 0 Å². The molecule has 5 rings (SSSR count). The van der Waals surface area contributed by atoms with Crippen molar-refractivity contribution in [2.45, 2.75) is 6.92 Å². The lowest BCUT2D eigenvalue weighted by molar-refractivity contribution is 1.07. The summed E-state index contributed by atoms with van der Waals surface area (Å²) >= 11 is 1.67. The van der Waals surface area contributed by atoms with Crippen LogP contribution in [-0.4, -0.2) is 19.5 Å². The van der Waals surface area contributed by atoms with Gasteiger partial charge in [0, 0.05) is 23.5 Å². The normalized spacial score (nSPS) is 11.4. The molecule has 5 heteroatoms. The number of aromatic nitrogens is 4. The first-order valence-electron chi connectivity index (χ1n) is 8.04. The molecule has 0 radical (unpaired) electrons. The number of hydrogen-bond acceptors (Lipinski definition) is 4. The van der Waals surface area contributed by atoms with Gasteiger partial charge in [-0.2, -0.15) is 0 Å². The first kappa shape index (κ1) is 14.3. The summed E-state index contributed by atoms with van der Waals surface area (Å²) < 4.78 is 3.24. The Balaban J connectivity index is 1.74. The Morgan fingerprint density at radius 3 is 2.76 bits per heavy atom. The Kier molecular flexibility index (Phi) is 3.15. The van der Waals surface area contributed by atoms with Crippen molar-refractivity contribution in [3.8, 4) is 16.3 Å². The highest BCUT2D eigenvalue weighted by Crippen LogP contribution is 2.32. The Labute approximate surface area is 148 Å². The highest BCUT2D eigenvalue weighted by molar-refractivity contribution is 7.20. The fourth-order valence-electron chi connectivity index (χ4n) is 3.12. The van der Waals surface area contributed by atoms with E-state index in [9.17, 15) is 0 Å². The zero-order valence-electron chi connectivity index (χ0n) is 13.5. The quantitative estimate of drug-likeness (QED) is 0.453. The number of hydrogen-bond donors (Lipinski definition) is 0. The van der Waals surface area contributed by atoms with E-state index in [2.05, 4.69) is 45.7 Å². The van der Waals surface area contributed by atoms with E-state index >= 15 is 0 Å². The molecular formula is C20H14N4S. The van der Waals surface area contributed by atoms with Crippen LogP contribution >= 0.6 is 11.3 Å². The highest BCUT2D eigenvalue weighted by Gasteiger charge is 2.13. The van der Waals surface area contributed by atoms with Gasteiger partial charge in [0.05, 0.1) is 21.3 Å². The number of rotatable bonds is 2. The summed E-state index contributed by atoms with van der Waals surface area (Å²) in [7, 11) is 0. The second kappa shape index (κ2) is 5.50. The first-order valence-corrected chi connectivity index (χ1v) is 8.86. The molecule has 0 bridgehead atoms. The smallest absolute Gasteiger partial charge is 0.196 e.